The summed E-state index contributed by atoms with van der Waals surface area (Å²) < 4.78 is 5.48. The van der Waals surface area contributed by atoms with E-state index in [4.69, 9.17) is 11.2 Å². The molecule has 2 heterocycles. The normalized spacial score (nSPS) is 16.3. The number of nitrogens with zero attached hydrogens (tertiary/aromatic N) is 2. The summed E-state index contributed by atoms with van der Waals surface area (Å²) >= 11 is 0. The van der Waals surface area contributed by atoms with Gasteiger partial charge < -0.3 is 15.0 Å². The van der Waals surface area contributed by atoms with Gasteiger partial charge in [0.25, 0.3) is 5.91 Å². The molecular formula is C20H21N3O2. The van der Waals surface area contributed by atoms with Gasteiger partial charge in [0.2, 0.25) is 0 Å². The van der Waals surface area contributed by atoms with Gasteiger partial charge in [-0.25, -0.2) is 4.98 Å². The minimum absolute atomic E-state index is 0.203. The van der Waals surface area contributed by atoms with Crippen molar-refractivity contribution >= 4 is 11.7 Å². The van der Waals surface area contributed by atoms with Crippen LogP contribution in [-0.2, 0) is 0 Å². The van der Waals surface area contributed by atoms with Gasteiger partial charge in [0.15, 0.2) is 0 Å². The summed E-state index contributed by atoms with van der Waals surface area (Å²) in [6.07, 6.45) is 7.79. The number of carbonyl (C=O) groups excluding carboxylic acids is 1. The number of anilines is 1. The van der Waals surface area contributed by atoms with Gasteiger partial charge in [-0.15, -0.1) is 6.42 Å². The molecule has 1 saturated heterocycles. The third-order valence-corrected chi connectivity index (χ3v) is 4.45. The highest BCUT2D eigenvalue weighted by molar-refractivity contribution is 5.94. The second-order valence-corrected chi connectivity index (χ2v) is 5.97. The molecule has 3 rings (SSSR count). The van der Waals surface area contributed by atoms with Crippen LogP contribution < -0.4 is 15.0 Å². The fourth-order valence-electron chi connectivity index (χ4n) is 3.17. The predicted molar refractivity (Wildman–Crippen MR) is 98.0 cm³/mol. The minimum atomic E-state index is -0.203. The number of hydrogen-bond donors (Lipinski definition) is 1. The molecule has 0 aliphatic carbocycles. The fourth-order valence-corrected chi connectivity index (χ4v) is 3.17. The maximum absolute atomic E-state index is 11.9. The molecule has 1 aromatic heterocycles. The van der Waals surface area contributed by atoms with Crippen molar-refractivity contribution in [1.82, 2.24) is 10.3 Å². The van der Waals surface area contributed by atoms with Crippen molar-refractivity contribution in [3.05, 3.63) is 53.7 Å². The number of terminal acetylenes is 1. The molecule has 1 aliphatic heterocycles. The smallest absolute Gasteiger partial charge is 0.253 e. The average Bonchev–Trinajstić information content (AvgIpc) is 3.16. The number of amides is 1. The van der Waals surface area contributed by atoms with E-state index in [-0.39, 0.29) is 12.5 Å². The zero-order valence-electron chi connectivity index (χ0n) is 14.2. The van der Waals surface area contributed by atoms with Crippen molar-refractivity contribution in [2.75, 3.05) is 31.6 Å². The first-order valence-corrected chi connectivity index (χ1v) is 8.28. The van der Waals surface area contributed by atoms with Crippen LogP contribution in [0.4, 0.5) is 5.82 Å². The monoisotopic (exact) mass is 335 g/mol. The quantitative estimate of drug-likeness (QED) is 0.853. The van der Waals surface area contributed by atoms with Gasteiger partial charge in [-0.1, -0.05) is 24.1 Å². The van der Waals surface area contributed by atoms with Crippen LogP contribution in [-0.4, -0.2) is 37.6 Å². The Labute approximate surface area is 148 Å². The number of methoxy groups -OCH3 is 1. The van der Waals surface area contributed by atoms with Gasteiger partial charge in [-0.05, 0) is 30.2 Å². The molecule has 1 fully saturated rings. The van der Waals surface area contributed by atoms with E-state index in [1.807, 2.05) is 24.3 Å². The number of hydrogen-bond acceptors (Lipinski definition) is 4. The molecule has 0 radical (unpaired) electrons. The summed E-state index contributed by atoms with van der Waals surface area (Å²) in [5, 5.41) is 2.64. The van der Waals surface area contributed by atoms with Crippen LogP contribution in [0.2, 0.25) is 0 Å². The van der Waals surface area contributed by atoms with Crippen LogP contribution in [0, 0.1) is 12.3 Å². The third-order valence-electron chi connectivity index (χ3n) is 4.45. The Morgan fingerprint density at radius 2 is 2.24 bits per heavy atom. The van der Waals surface area contributed by atoms with Crippen molar-refractivity contribution in [3.8, 4) is 18.1 Å². The van der Waals surface area contributed by atoms with Crippen molar-refractivity contribution in [1.29, 1.82) is 0 Å². The van der Waals surface area contributed by atoms with E-state index in [1.54, 1.807) is 19.4 Å². The first-order chi connectivity index (χ1) is 12.2. The zero-order valence-corrected chi connectivity index (χ0v) is 14.2. The molecule has 0 saturated carbocycles. The lowest BCUT2D eigenvalue weighted by molar-refractivity contribution is 0.0958. The lowest BCUT2D eigenvalue weighted by atomic mass is 9.97. The molecular weight excluding hydrogens is 314 g/mol. The average molecular weight is 335 g/mol. The maximum atomic E-state index is 11.9. The number of rotatable bonds is 5. The Morgan fingerprint density at radius 3 is 2.96 bits per heavy atom. The highest BCUT2D eigenvalue weighted by Crippen LogP contribution is 2.34. The molecule has 0 bridgehead atoms. The SMILES string of the molecule is C#CCNC(=O)c1ccc(N2CCC(c3ccccc3OC)C2)nc1. The number of pyridine rings is 1. The molecule has 128 valence electrons. The highest BCUT2D eigenvalue weighted by atomic mass is 16.5. The van der Waals surface area contributed by atoms with Gasteiger partial charge >= 0.3 is 0 Å². The summed E-state index contributed by atoms with van der Waals surface area (Å²) in [6.45, 7) is 2.03. The molecule has 0 spiro atoms. The molecule has 1 aliphatic rings. The Morgan fingerprint density at radius 1 is 1.40 bits per heavy atom. The molecule has 5 heteroatoms. The third kappa shape index (κ3) is 3.74. The second kappa shape index (κ2) is 7.71. The minimum Gasteiger partial charge on any atom is -0.496 e. The first-order valence-electron chi connectivity index (χ1n) is 8.28. The van der Waals surface area contributed by atoms with Gasteiger partial charge in [0.05, 0.1) is 19.2 Å². The van der Waals surface area contributed by atoms with Crippen LogP contribution in [0.15, 0.2) is 42.6 Å². The van der Waals surface area contributed by atoms with Crippen LogP contribution in [0.3, 0.4) is 0 Å². The first kappa shape index (κ1) is 16.8. The highest BCUT2D eigenvalue weighted by Gasteiger charge is 2.26. The van der Waals surface area contributed by atoms with Gasteiger partial charge in [0.1, 0.15) is 11.6 Å². The van der Waals surface area contributed by atoms with Crippen molar-refractivity contribution < 1.29 is 9.53 Å². The topological polar surface area (TPSA) is 54.5 Å². The van der Waals surface area contributed by atoms with Crippen molar-refractivity contribution in [2.45, 2.75) is 12.3 Å². The van der Waals surface area contributed by atoms with E-state index < -0.39 is 0 Å². The number of ether oxygens (including phenoxy) is 1. The van der Waals surface area contributed by atoms with Crippen LogP contribution in [0.25, 0.3) is 0 Å². The van der Waals surface area contributed by atoms with Gasteiger partial charge in [0, 0.05) is 25.2 Å². The van der Waals surface area contributed by atoms with E-state index in [1.165, 1.54) is 5.56 Å². The van der Waals surface area contributed by atoms with Crippen molar-refractivity contribution in [2.24, 2.45) is 0 Å². The lowest BCUT2D eigenvalue weighted by Crippen LogP contribution is -2.24. The Kier molecular flexibility index (Phi) is 5.20. The standard InChI is InChI=1S/C20H21N3O2/c1-3-11-21-20(24)15-8-9-19(22-13-15)23-12-10-16(14-23)17-6-4-5-7-18(17)25-2/h1,4-9,13,16H,10-12,14H2,2H3,(H,21,24). The van der Waals surface area contributed by atoms with E-state index >= 15 is 0 Å². The molecule has 25 heavy (non-hydrogen) atoms. The van der Waals surface area contributed by atoms with E-state index in [0.29, 0.717) is 11.5 Å². The van der Waals surface area contributed by atoms with Crippen LogP contribution in [0.5, 0.6) is 5.75 Å². The molecule has 5 nitrogen and oxygen atoms in total. The molecule has 1 aromatic carbocycles. The van der Waals surface area contributed by atoms with E-state index in [9.17, 15) is 4.79 Å². The number of para-hydroxylation sites is 1. The maximum Gasteiger partial charge on any atom is 0.253 e. The van der Waals surface area contributed by atoms with Gasteiger partial charge in [-0.2, -0.15) is 0 Å². The zero-order chi connectivity index (χ0) is 17.6. The Balaban J connectivity index is 1.68. The summed E-state index contributed by atoms with van der Waals surface area (Å²) in [5.74, 6) is 4.41. The molecule has 1 amide bonds. The van der Waals surface area contributed by atoms with Crippen LogP contribution in [0.1, 0.15) is 28.3 Å². The summed E-state index contributed by atoms with van der Waals surface area (Å²) in [5.41, 5.74) is 1.75. The number of nitrogens with one attached hydrogen (secondary N) is 1. The Hall–Kier alpha value is -3.00. The number of carbonyl (C=O) groups is 1. The largest absolute Gasteiger partial charge is 0.496 e. The molecule has 1 N–H and O–H groups in total. The van der Waals surface area contributed by atoms with Crippen molar-refractivity contribution in [3.63, 3.8) is 0 Å². The number of benzene rings is 1. The molecule has 2 aromatic rings. The summed E-state index contributed by atoms with van der Waals surface area (Å²) in [6, 6.07) is 11.8. The van der Waals surface area contributed by atoms with E-state index in [0.717, 1.165) is 31.1 Å². The van der Waals surface area contributed by atoms with E-state index in [2.05, 4.69) is 27.2 Å². The summed E-state index contributed by atoms with van der Waals surface area (Å²) in [7, 11) is 1.71. The van der Waals surface area contributed by atoms with Crippen LogP contribution >= 0.6 is 0 Å². The molecule has 1 unspecified atom stereocenters. The lowest BCUT2D eigenvalue weighted by Gasteiger charge is -2.18. The van der Waals surface area contributed by atoms with Gasteiger partial charge in [-0.3, -0.25) is 4.79 Å². The summed E-state index contributed by atoms with van der Waals surface area (Å²) in [4.78, 5) is 18.5. The molecule has 1 atom stereocenters. The fraction of sp³-hybridized carbons (Fsp3) is 0.300. The Bertz CT molecular complexity index is 780. The number of aromatic nitrogens is 1. The predicted octanol–water partition coefficient (Wildman–Crippen LogP) is 2.45. The second-order valence-electron chi connectivity index (χ2n) is 5.97.